The summed E-state index contributed by atoms with van der Waals surface area (Å²) < 4.78 is 14.7. The van der Waals surface area contributed by atoms with E-state index in [0.29, 0.717) is 19.8 Å². The molecule has 0 amide bonds. The van der Waals surface area contributed by atoms with Gasteiger partial charge in [-0.25, -0.2) is 0 Å². The van der Waals surface area contributed by atoms with Gasteiger partial charge in [0.15, 0.2) is 0 Å². The van der Waals surface area contributed by atoms with E-state index in [1.54, 1.807) is 6.08 Å². The van der Waals surface area contributed by atoms with Crippen LogP contribution in [-0.4, -0.2) is 50.1 Å². The molecular formula is C10H16O6. The fraction of sp³-hybridized carbons (Fsp3) is 0.600. The van der Waals surface area contributed by atoms with Gasteiger partial charge in [-0.3, -0.25) is 9.59 Å². The van der Waals surface area contributed by atoms with Crippen LogP contribution in [0.4, 0.5) is 0 Å². The Labute approximate surface area is 93.8 Å². The summed E-state index contributed by atoms with van der Waals surface area (Å²) in [4.78, 5) is 20.8. The van der Waals surface area contributed by atoms with Gasteiger partial charge < -0.3 is 19.3 Å². The van der Waals surface area contributed by atoms with Gasteiger partial charge >= 0.3 is 11.9 Å². The van der Waals surface area contributed by atoms with E-state index in [4.69, 9.17) is 14.6 Å². The number of carbonyl (C=O) groups is 2. The molecule has 0 atom stereocenters. The Morgan fingerprint density at radius 3 is 2.38 bits per heavy atom. The molecule has 6 heteroatoms. The van der Waals surface area contributed by atoms with Crippen molar-refractivity contribution in [2.75, 3.05) is 33.0 Å². The second-order valence-corrected chi connectivity index (χ2v) is 2.77. The lowest BCUT2D eigenvalue weighted by molar-refractivity contribution is -0.152. The minimum absolute atomic E-state index is 0.0492. The number of rotatable bonds is 10. The average molecular weight is 232 g/mol. The highest BCUT2D eigenvalue weighted by Gasteiger charge is 2.07. The van der Waals surface area contributed by atoms with E-state index < -0.39 is 18.4 Å². The second-order valence-electron chi connectivity index (χ2n) is 2.77. The first-order valence-corrected chi connectivity index (χ1v) is 4.80. The summed E-state index contributed by atoms with van der Waals surface area (Å²) in [7, 11) is 0. The third-order valence-electron chi connectivity index (χ3n) is 1.39. The highest BCUT2D eigenvalue weighted by Crippen LogP contribution is 1.87. The number of carboxylic acid groups (broad SMARTS) is 1. The van der Waals surface area contributed by atoms with Crippen LogP contribution in [-0.2, 0) is 23.8 Å². The van der Waals surface area contributed by atoms with E-state index in [0.717, 1.165) is 0 Å². The fourth-order valence-electron chi connectivity index (χ4n) is 0.776. The van der Waals surface area contributed by atoms with Gasteiger partial charge in [0.2, 0.25) is 0 Å². The summed E-state index contributed by atoms with van der Waals surface area (Å²) in [6, 6.07) is 0. The van der Waals surface area contributed by atoms with Gasteiger partial charge in [0.1, 0.15) is 13.0 Å². The molecule has 0 bridgehead atoms. The third-order valence-corrected chi connectivity index (χ3v) is 1.39. The van der Waals surface area contributed by atoms with Crippen molar-refractivity contribution in [3.8, 4) is 0 Å². The Morgan fingerprint density at radius 2 is 1.75 bits per heavy atom. The lowest BCUT2D eigenvalue weighted by atomic mass is 10.4. The molecule has 0 rings (SSSR count). The number of aliphatic carboxylic acids is 1. The normalized spacial score (nSPS) is 9.75. The van der Waals surface area contributed by atoms with Crippen LogP contribution in [0.15, 0.2) is 12.7 Å². The number of ether oxygens (including phenoxy) is 3. The SMILES string of the molecule is C=CCOCCOCCOC(=O)CC(=O)O. The average Bonchev–Trinajstić information content (AvgIpc) is 2.21. The number of esters is 1. The summed E-state index contributed by atoms with van der Waals surface area (Å²) in [6.45, 7) is 5.06. The van der Waals surface area contributed by atoms with Crippen LogP contribution in [0.2, 0.25) is 0 Å². The predicted octanol–water partition coefficient (Wildman–Crippen LogP) is 0.223. The molecule has 0 aliphatic carbocycles. The molecule has 92 valence electrons. The van der Waals surface area contributed by atoms with Crippen molar-refractivity contribution in [3.63, 3.8) is 0 Å². The van der Waals surface area contributed by atoms with Crippen molar-refractivity contribution >= 4 is 11.9 Å². The van der Waals surface area contributed by atoms with Crippen LogP contribution in [0.25, 0.3) is 0 Å². The molecule has 6 nitrogen and oxygen atoms in total. The summed E-state index contributed by atoms with van der Waals surface area (Å²) in [6.07, 6.45) is 1.01. The topological polar surface area (TPSA) is 82.1 Å². The quantitative estimate of drug-likeness (QED) is 0.251. The number of hydrogen-bond acceptors (Lipinski definition) is 5. The van der Waals surface area contributed by atoms with Gasteiger partial charge in [-0.05, 0) is 0 Å². The first kappa shape index (κ1) is 14.6. The number of hydrogen-bond donors (Lipinski definition) is 1. The molecule has 0 aliphatic rings. The van der Waals surface area contributed by atoms with Crippen LogP contribution >= 0.6 is 0 Å². The van der Waals surface area contributed by atoms with Crippen LogP contribution in [0.1, 0.15) is 6.42 Å². The molecule has 0 heterocycles. The summed E-state index contributed by atoms with van der Waals surface area (Å²) >= 11 is 0. The molecule has 0 saturated carbocycles. The summed E-state index contributed by atoms with van der Waals surface area (Å²) in [5, 5.41) is 8.25. The third kappa shape index (κ3) is 10.7. The summed E-state index contributed by atoms with van der Waals surface area (Å²) in [5.41, 5.74) is 0. The molecule has 16 heavy (non-hydrogen) atoms. The predicted molar refractivity (Wildman–Crippen MR) is 55.0 cm³/mol. The Balaban J connectivity index is 3.17. The van der Waals surface area contributed by atoms with Gasteiger partial charge in [0.05, 0.1) is 26.4 Å². The Hall–Kier alpha value is -1.40. The highest BCUT2D eigenvalue weighted by molar-refractivity contribution is 5.90. The number of carboxylic acids is 1. The molecule has 0 unspecified atom stereocenters. The van der Waals surface area contributed by atoms with E-state index in [1.165, 1.54) is 0 Å². The Kier molecular flexibility index (Phi) is 9.24. The lowest BCUT2D eigenvalue weighted by Gasteiger charge is -2.05. The van der Waals surface area contributed by atoms with Crippen molar-refractivity contribution < 1.29 is 28.9 Å². The van der Waals surface area contributed by atoms with Crippen molar-refractivity contribution in [2.45, 2.75) is 6.42 Å². The molecular weight excluding hydrogens is 216 g/mol. The monoisotopic (exact) mass is 232 g/mol. The van der Waals surface area contributed by atoms with Crippen molar-refractivity contribution in [3.05, 3.63) is 12.7 Å². The standard InChI is InChI=1S/C10H16O6/c1-2-3-14-4-5-15-6-7-16-10(13)8-9(11)12/h2H,1,3-8H2,(H,11,12). The zero-order valence-electron chi connectivity index (χ0n) is 9.02. The van der Waals surface area contributed by atoms with Gasteiger partial charge in [-0.15, -0.1) is 6.58 Å². The fourth-order valence-corrected chi connectivity index (χ4v) is 0.776. The van der Waals surface area contributed by atoms with Crippen LogP contribution in [0.5, 0.6) is 0 Å². The molecule has 0 fully saturated rings. The van der Waals surface area contributed by atoms with E-state index in [9.17, 15) is 9.59 Å². The molecule has 0 aromatic rings. The molecule has 0 radical (unpaired) electrons. The van der Waals surface area contributed by atoms with Crippen molar-refractivity contribution in [2.24, 2.45) is 0 Å². The molecule has 1 N–H and O–H groups in total. The number of carbonyl (C=O) groups excluding carboxylic acids is 1. The second kappa shape index (κ2) is 10.1. The van der Waals surface area contributed by atoms with Crippen molar-refractivity contribution in [1.29, 1.82) is 0 Å². The van der Waals surface area contributed by atoms with E-state index in [-0.39, 0.29) is 13.2 Å². The smallest absolute Gasteiger partial charge is 0.317 e. The maximum atomic E-state index is 10.7. The molecule has 0 spiro atoms. The largest absolute Gasteiger partial charge is 0.481 e. The van der Waals surface area contributed by atoms with Crippen LogP contribution < -0.4 is 0 Å². The summed E-state index contributed by atoms with van der Waals surface area (Å²) in [5.74, 6) is -1.97. The molecule has 0 saturated heterocycles. The Morgan fingerprint density at radius 1 is 1.12 bits per heavy atom. The van der Waals surface area contributed by atoms with Crippen molar-refractivity contribution in [1.82, 2.24) is 0 Å². The maximum Gasteiger partial charge on any atom is 0.317 e. The van der Waals surface area contributed by atoms with Crippen LogP contribution in [0.3, 0.4) is 0 Å². The molecule has 0 aromatic carbocycles. The highest BCUT2D eigenvalue weighted by atomic mass is 16.6. The zero-order chi connectivity index (χ0) is 12.2. The minimum Gasteiger partial charge on any atom is -0.481 e. The van der Waals surface area contributed by atoms with E-state index in [2.05, 4.69) is 11.3 Å². The first-order valence-electron chi connectivity index (χ1n) is 4.80. The Bertz CT molecular complexity index is 225. The lowest BCUT2D eigenvalue weighted by Crippen LogP contribution is -2.15. The molecule has 0 aliphatic heterocycles. The van der Waals surface area contributed by atoms with Gasteiger partial charge in [0, 0.05) is 0 Å². The molecule has 0 aromatic heterocycles. The van der Waals surface area contributed by atoms with E-state index in [1.807, 2.05) is 0 Å². The zero-order valence-corrected chi connectivity index (χ0v) is 9.02. The van der Waals surface area contributed by atoms with E-state index >= 15 is 0 Å². The minimum atomic E-state index is -1.20. The van der Waals surface area contributed by atoms with Gasteiger partial charge in [-0.1, -0.05) is 6.08 Å². The van der Waals surface area contributed by atoms with Crippen LogP contribution in [0, 0.1) is 0 Å². The van der Waals surface area contributed by atoms with Gasteiger partial charge in [0.25, 0.3) is 0 Å². The van der Waals surface area contributed by atoms with Gasteiger partial charge in [-0.2, -0.15) is 0 Å². The first-order chi connectivity index (χ1) is 7.66. The maximum absolute atomic E-state index is 10.7.